The van der Waals surface area contributed by atoms with Gasteiger partial charge in [0.05, 0.1) is 39.2 Å². The van der Waals surface area contributed by atoms with E-state index >= 15 is 0 Å². The van der Waals surface area contributed by atoms with Crippen molar-refractivity contribution >= 4 is 39.6 Å². The molecule has 3 aromatic rings. The Balaban J connectivity index is 2.06. The summed E-state index contributed by atoms with van der Waals surface area (Å²) in [4.78, 5) is 4.26. The fourth-order valence-electron chi connectivity index (χ4n) is 2.12. The molecule has 0 atom stereocenters. The van der Waals surface area contributed by atoms with Crippen LogP contribution in [0.4, 0.5) is 17.1 Å². The van der Waals surface area contributed by atoms with Crippen molar-refractivity contribution in [2.24, 2.45) is 0 Å². The van der Waals surface area contributed by atoms with Crippen molar-refractivity contribution in [1.29, 1.82) is 5.26 Å². The van der Waals surface area contributed by atoms with Crippen LogP contribution in [0.25, 0.3) is 10.9 Å². The van der Waals surface area contributed by atoms with Crippen molar-refractivity contribution in [3.8, 4) is 6.07 Å². The average Bonchev–Trinajstić information content (AvgIpc) is 2.52. The molecule has 0 radical (unpaired) electrons. The van der Waals surface area contributed by atoms with Crippen molar-refractivity contribution in [2.75, 3.05) is 11.1 Å². The summed E-state index contributed by atoms with van der Waals surface area (Å²) < 4.78 is 0. The predicted molar refractivity (Wildman–Crippen MR) is 85.6 cm³/mol. The molecule has 3 rings (SSSR count). The smallest absolute Gasteiger partial charge is 0.0992 e. The lowest BCUT2D eigenvalue weighted by atomic mass is 10.1. The molecule has 1 heterocycles. The first kappa shape index (κ1) is 13.2. The first-order valence-electron chi connectivity index (χ1n) is 6.29. The highest BCUT2D eigenvalue weighted by Gasteiger charge is 2.08. The average molecular weight is 295 g/mol. The number of nitriles is 1. The van der Waals surface area contributed by atoms with Crippen molar-refractivity contribution < 1.29 is 0 Å². The van der Waals surface area contributed by atoms with Gasteiger partial charge in [-0.2, -0.15) is 5.26 Å². The number of hydrogen-bond acceptors (Lipinski definition) is 4. The molecule has 4 nitrogen and oxygen atoms in total. The highest BCUT2D eigenvalue weighted by Crippen LogP contribution is 2.32. The zero-order valence-corrected chi connectivity index (χ0v) is 11.7. The molecule has 1 aromatic heterocycles. The van der Waals surface area contributed by atoms with Crippen LogP contribution in [-0.4, -0.2) is 4.98 Å². The number of hydrogen-bond donors (Lipinski definition) is 2. The molecule has 2 aromatic carbocycles. The van der Waals surface area contributed by atoms with Crippen molar-refractivity contribution in [1.82, 2.24) is 4.98 Å². The van der Waals surface area contributed by atoms with E-state index in [2.05, 4.69) is 16.4 Å². The number of nitrogens with one attached hydrogen (secondary N) is 1. The third kappa shape index (κ3) is 2.47. The third-order valence-corrected chi connectivity index (χ3v) is 3.52. The number of nitrogen functional groups attached to an aromatic ring is 1. The van der Waals surface area contributed by atoms with Gasteiger partial charge >= 0.3 is 0 Å². The molecular formula is C16H11ClN4. The van der Waals surface area contributed by atoms with Gasteiger partial charge < -0.3 is 11.1 Å². The van der Waals surface area contributed by atoms with Gasteiger partial charge in [0.25, 0.3) is 0 Å². The van der Waals surface area contributed by atoms with E-state index < -0.39 is 0 Å². The van der Waals surface area contributed by atoms with Gasteiger partial charge in [0.2, 0.25) is 0 Å². The summed E-state index contributed by atoms with van der Waals surface area (Å²) >= 11 is 6.15. The molecule has 0 saturated heterocycles. The van der Waals surface area contributed by atoms with Crippen LogP contribution in [0, 0.1) is 11.3 Å². The Kier molecular flexibility index (Phi) is 3.35. The fraction of sp³-hybridized carbons (Fsp3) is 0. The van der Waals surface area contributed by atoms with E-state index in [9.17, 15) is 0 Å². The minimum absolute atomic E-state index is 0.527. The Morgan fingerprint density at radius 1 is 1.14 bits per heavy atom. The van der Waals surface area contributed by atoms with E-state index in [-0.39, 0.29) is 0 Å². The lowest BCUT2D eigenvalue weighted by Crippen LogP contribution is -1.98. The molecule has 0 saturated carbocycles. The topological polar surface area (TPSA) is 74.7 Å². The minimum Gasteiger partial charge on any atom is -0.396 e. The SMILES string of the molecule is N#Cc1ccc(Cl)c(Nc2ccc3ncccc3c2N)c1. The second-order valence-electron chi connectivity index (χ2n) is 4.53. The summed E-state index contributed by atoms with van der Waals surface area (Å²) in [5.74, 6) is 0. The molecule has 0 fully saturated rings. The van der Waals surface area contributed by atoms with Crippen molar-refractivity contribution in [3.63, 3.8) is 0 Å². The van der Waals surface area contributed by atoms with E-state index in [1.807, 2.05) is 24.3 Å². The molecule has 0 aliphatic rings. The molecule has 5 heteroatoms. The van der Waals surface area contributed by atoms with Crippen LogP contribution >= 0.6 is 11.6 Å². The van der Waals surface area contributed by atoms with Crippen LogP contribution in [0.3, 0.4) is 0 Å². The zero-order chi connectivity index (χ0) is 14.8. The number of halogens is 1. The number of pyridine rings is 1. The molecule has 0 unspecified atom stereocenters. The van der Waals surface area contributed by atoms with Gasteiger partial charge in [-0.05, 0) is 42.5 Å². The van der Waals surface area contributed by atoms with Gasteiger partial charge in [-0.3, -0.25) is 4.98 Å². The van der Waals surface area contributed by atoms with E-state index in [0.29, 0.717) is 22.0 Å². The van der Waals surface area contributed by atoms with Crippen LogP contribution in [0.1, 0.15) is 5.56 Å². The van der Waals surface area contributed by atoms with E-state index in [1.165, 1.54) is 0 Å². The predicted octanol–water partition coefficient (Wildman–Crippen LogP) is 4.09. The second kappa shape index (κ2) is 5.31. The molecule has 21 heavy (non-hydrogen) atoms. The quantitative estimate of drug-likeness (QED) is 0.698. The Bertz CT molecular complexity index is 868. The molecule has 3 N–H and O–H groups in total. The maximum absolute atomic E-state index is 8.96. The van der Waals surface area contributed by atoms with Gasteiger partial charge in [0.1, 0.15) is 0 Å². The summed E-state index contributed by atoms with van der Waals surface area (Å²) in [6, 6.07) is 14.6. The largest absolute Gasteiger partial charge is 0.396 e. The fourth-order valence-corrected chi connectivity index (χ4v) is 2.28. The number of benzene rings is 2. The zero-order valence-electron chi connectivity index (χ0n) is 11.0. The number of fused-ring (bicyclic) bond motifs is 1. The number of nitrogens with zero attached hydrogens (tertiary/aromatic N) is 2. The Morgan fingerprint density at radius 2 is 2.00 bits per heavy atom. The van der Waals surface area contributed by atoms with Crippen LogP contribution in [0.15, 0.2) is 48.7 Å². The molecule has 0 spiro atoms. The number of anilines is 3. The maximum atomic E-state index is 8.96. The summed E-state index contributed by atoms with van der Waals surface area (Å²) in [6.45, 7) is 0. The van der Waals surface area contributed by atoms with Crippen LogP contribution in [0.2, 0.25) is 5.02 Å². The first-order chi connectivity index (χ1) is 10.2. The van der Waals surface area contributed by atoms with Gasteiger partial charge in [-0.1, -0.05) is 11.6 Å². The lowest BCUT2D eigenvalue weighted by molar-refractivity contribution is 1.41. The summed E-state index contributed by atoms with van der Waals surface area (Å²) in [6.07, 6.45) is 1.72. The molecular weight excluding hydrogens is 284 g/mol. The standard InChI is InChI=1S/C16H11ClN4/c17-12-4-3-10(9-18)8-15(12)21-14-6-5-13-11(16(14)19)2-1-7-20-13/h1-8,21H,19H2. The normalized spacial score (nSPS) is 10.3. The minimum atomic E-state index is 0.527. The summed E-state index contributed by atoms with van der Waals surface area (Å²) in [7, 11) is 0. The Morgan fingerprint density at radius 3 is 2.81 bits per heavy atom. The van der Waals surface area contributed by atoms with Gasteiger partial charge in [0.15, 0.2) is 0 Å². The number of rotatable bonds is 2. The van der Waals surface area contributed by atoms with Crippen LogP contribution < -0.4 is 11.1 Å². The van der Waals surface area contributed by atoms with Crippen LogP contribution in [0.5, 0.6) is 0 Å². The molecule has 102 valence electrons. The lowest BCUT2D eigenvalue weighted by Gasteiger charge is -2.12. The van der Waals surface area contributed by atoms with Crippen molar-refractivity contribution in [2.45, 2.75) is 0 Å². The van der Waals surface area contributed by atoms with Gasteiger partial charge in [-0.15, -0.1) is 0 Å². The van der Waals surface area contributed by atoms with Crippen molar-refractivity contribution in [3.05, 3.63) is 59.2 Å². The highest BCUT2D eigenvalue weighted by molar-refractivity contribution is 6.33. The van der Waals surface area contributed by atoms with E-state index in [1.54, 1.807) is 24.4 Å². The monoisotopic (exact) mass is 294 g/mol. The molecule has 0 bridgehead atoms. The number of aromatic nitrogens is 1. The molecule has 0 aliphatic heterocycles. The summed E-state index contributed by atoms with van der Waals surface area (Å²) in [5.41, 5.74) is 9.51. The second-order valence-corrected chi connectivity index (χ2v) is 4.94. The summed E-state index contributed by atoms with van der Waals surface area (Å²) in [5, 5.41) is 13.5. The maximum Gasteiger partial charge on any atom is 0.0992 e. The highest BCUT2D eigenvalue weighted by atomic mass is 35.5. The van der Waals surface area contributed by atoms with Gasteiger partial charge in [0, 0.05) is 11.6 Å². The Hall–Kier alpha value is -2.77. The third-order valence-electron chi connectivity index (χ3n) is 3.19. The number of nitrogens with two attached hydrogens (primary N) is 1. The Labute approximate surface area is 126 Å². The van der Waals surface area contributed by atoms with Gasteiger partial charge in [-0.25, -0.2) is 0 Å². The molecule has 0 aliphatic carbocycles. The first-order valence-corrected chi connectivity index (χ1v) is 6.67. The van der Waals surface area contributed by atoms with E-state index in [4.69, 9.17) is 22.6 Å². The van der Waals surface area contributed by atoms with E-state index in [0.717, 1.165) is 16.6 Å². The molecule has 0 amide bonds. The van der Waals surface area contributed by atoms with Crippen LogP contribution in [-0.2, 0) is 0 Å².